The van der Waals surface area contributed by atoms with E-state index in [1.165, 1.54) is 32.5 Å². The molecule has 0 unspecified atom stereocenters. The van der Waals surface area contributed by atoms with E-state index in [2.05, 4.69) is 27.1 Å². The molecule has 222 valence electrons. The zero-order chi connectivity index (χ0) is 29.7. The van der Waals surface area contributed by atoms with Crippen molar-refractivity contribution in [1.29, 1.82) is 0 Å². The van der Waals surface area contributed by atoms with E-state index in [1.54, 1.807) is 7.11 Å². The van der Waals surface area contributed by atoms with Gasteiger partial charge in [0.05, 0.1) is 43.5 Å². The number of piperidine rings is 1. The van der Waals surface area contributed by atoms with Crippen LogP contribution in [-0.4, -0.2) is 48.0 Å². The van der Waals surface area contributed by atoms with Crippen molar-refractivity contribution in [3.63, 3.8) is 0 Å². The molecule has 2 N–H and O–H groups in total. The lowest BCUT2D eigenvalue weighted by Crippen LogP contribution is -2.36. The van der Waals surface area contributed by atoms with Crippen molar-refractivity contribution in [2.75, 3.05) is 37.5 Å². The Labute approximate surface area is 240 Å². The number of benzene rings is 2. The number of hydrogen-bond donors (Lipinski definition) is 2. The second-order valence-electron chi connectivity index (χ2n) is 11.3. The summed E-state index contributed by atoms with van der Waals surface area (Å²) in [6.45, 7) is 8.96. The normalized spacial score (nSPS) is 15.0. The molecule has 1 saturated heterocycles. The van der Waals surface area contributed by atoms with E-state index in [1.807, 2.05) is 32.0 Å². The molecule has 0 saturated carbocycles. The fourth-order valence-corrected chi connectivity index (χ4v) is 5.04. The van der Waals surface area contributed by atoms with Crippen molar-refractivity contribution in [3.05, 3.63) is 59.4 Å². The van der Waals surface area contributed by atoms with Gasteiger partial charge in [-0.25, -0.2) is 18.7 Å². The smallest absolute Gasteiger partial charge is 0.227 e. The first-order chi connectivity index (χ1) is 19.5. The van der Waals surface area contributed by atoms with Gasteiger partial charge in [0.2, 0.25) is 5.95 Å². The van der Waals surface area contributed by atoms with Crippen molar-refractivity contribution in [1.82, 2.24) is 9.97 Å². The molecule has 1 fully saturated rings. The van der Waals surface area contributed by atoms with Crippen molar-refractivity contribution >= 4 is 17.3 Å². The van der Waals surface area contributed by atoms with E-state index in [4.69, 9.17) is 14.2 Å². The first-order valence-corrected chi connectivity index (χ1v) is 13.9. The second kappa shape index (κ2) is 12.9. The Kier molecular flexibility index (Phi) is 9.53. The molecule has 1 aliphatic rings. The molecule has 2 aromatic carbocycles. The summed E-state index contributed by atoms with van der Waals surface area (Å²) in [7, 11) is 2.98. The Morgan fingerprint density at radius 2 is 1.71 bits per heavy atom. The van der Waals surface area contributed by atoms with E-state index in [-0.39, 0.29) is 35.2 Å². The van der Waals surface area contributed by atoms with Crippen LogP contribution in [0.3, 0.4) is 0 Å². The summed E-state index contributed by atoms with van der Waals surface area (Å²) in [5, 5.41) is 13.5. The molecule has 0 amide bonds. The molecule has 2 heterocycles. The van der Waals surface area contributed by atoms with E-state index >= 15 is 0 Å². The fourth-order valence-electron chi connectivity index (χ4n) is 5.04. The number of anilines is 3. The summed E-state index contributed by atoms with van der Waals surface area (Å²) in [6, 6.07) is 7.19. The number of halogens is 2. The van der Waals surface area contributed by atoms with Crippen LogP contribution in [0.1, 0.15) is 51.2 Å². The van der Waals surface area contributed by atoms with Gasteiger partial charge in [0, 0.05) is 24.8 Å². The third-order valence-corrected chi connectivity index (χ3v) is 7.96. The standard InChI is InChI=1S/C31H40F2N4O4/c1-19-13-27(40-6)29(33)24(28(19)32)18-41-23-16-34-30(35-17-23)36-22-7-8-25(26(15-22)39-5)37-11-9-21(10-12-37)14-20(2)31(3,4)38/h7-8,13,15-17,20-21,38H,9-12,14,18H2,1-6H3,(H,34,35,36)/t20-/m1/s1. The van der Waals surface area contributed by atoms with Crippen LogP contribution < -0.4 is 24.4 Å². The van der Waals surface area contributed by atoms with Crippen molar-refractivity contribution in [2.24, 2.45) is 11.8 Å². The zero-order valence-electron chi connectivity index (χ0n) is 24.6. The molecule has 1 aromatic heterocycles. The molecule has 10 heteroatoms. The molecule has 8 nitrogen and oxygen atoms in total. The van der Waals surface area contributed by atoms with Crippen LogP contribution in [0.5, 0.6) is 17.2 Å². The van der Waals surface area contributed by atoms with E-state index < -0.39 is 17.2 Å². The average molecular weight is 571 g/mol. The van der Waals surface area contributed by atoms with Crippen molar-refractivity contribution in [2.45, 2.75) is 59.2 Å². The van der Waals surface area contributed by atoms with Crippen LogP contribution >= 0.6 is 0 Å². The first-order valence-electron chi connectivity index (χ1n) is 13.9. The number of aliphatic hydroxyl groups is 1. The molecule has 0 spiro atoms. The summed E-state index contributed by atoms with van der Waals surface area (Å²) in [5.74, 6) is 0.691. The van der Waals surface area contributed by atoms with Gasteiger partial charge in [-0.1, -0.05) is 6.92 Å². The third kappa shape index (κ3) is 7.35. The molecule has 4 rings (SSSR count). The van der Waals surface area contributed by atoms with Gasteiger partial charge in [-0.15, -0.1) is 0 Å². The Morgan fingerprint density at radius 1 is 1.05 bits per heavy atom. The Morgan fingerprint density at radius 3 is 2.32 bits per heavy atom. The van der Waals surface area contributed by atoms with Gasteiger partial charge in [-0.2, -0.15) is 0 Å². The van der Waals surface area contributed by atoms with Gasteiger partial charge >= 0.3 is 0 Å². The maximum Gasteiger partial charge on any atom is 0.227 e. The van der Waals surface area contributed by atoms with Crippen LogP contribution in [0, 0.1) is 30.4 Å². The van der Waals surface area contributed by atoms with Crippen molar-refractivity contribution < 1.29 is 28.1 Å². The Hall–Kier alpha value is -3.66. The Bertz CT molecular complexity index is 1320. The Balaban J connectivity index is 1.35. The number of aryl methyl sites for hydroxylation is 1. The minimum atomic E-state index is -0.795. The molecule has 41 heavy (non-hydrogen) atoms. The highest BCUT2D eigenvalue weighted by molar-refractivity contribution is 5.67. The predicted molar refractivity (Wildman–Crippen MR) is 155 cm³/mol. The van der Waals surface area contributed by atoms with Crippen molar-refractivity contribution in [3.8, 4) is 17.2 Å². The summed E-state index contributed by atoms with van der Waals surface area (Å²) in [4.78, 5) is 10.9. The number of ether oxygens (including phenoxy) is 3. The van der Waals surface area contributed by atoms with Crippen LogP contribution in [0.4, 0.5) is 26.1 Å². The SMILES string of the molecule is COc1cc(Nc2ncc(OCc3c(F)c(C)cc(OC)c3F)cn2)ccc1N1CCC(C[C@@H](C)C(C)(C)O)CC1. The highest BCUT2D eigenvalue weighted by Crippen LogP contribution is 2.36. The van der Waals surface area contributed by atoms with Gasteiger partial charge in [0.1, 0.15) is 18.2 Å². The lowest BCUT2D eigenvalue weighted by Gasteiger charge is -2.37. The minimum absolute atomic E-state index is 0.0407. The minimum Gasteiger partial charge on any atom is -0.495 e. The number of nitrogens with zero attached hydrogens (tertiary/aromatic N) is 3. The van der Waals surface area contributed by atoms with Gasteiger partial charge < -0.3 is 29.5 Å². The average Bonchev–Trinajstić information content (AvgIpc) is 2.95. The van der Waals surface area contributed by atoms with Gasteiger partial charge in [0.15, 0.2) is 17.3 Å². The first kappa shape index (κ1) is 30.3. The molecule has 0 radical (unpaired) electrons. The topological polar surface area (TPSA) is 89.0 Å². The number of nitrogens with one attached hydrogen (secondary N) is 1. The van der Waals surface area contributed by atoms with E-state index in [0.29, 0.717) is 11.9 Å². The highest BCUT2D eigenvalue weighted by Gasteiger charge is 2.28. The van der Waals surface area contributed by atoms with Gasteiger partial charge in [-0.3, -0.25) is 0 Å². The summed E-state index contributed by atoms with van der Waals surface area (Å²) in [6.07, 6.45) is 6.04. The molecule has 0 bridgehead atoms. The van der Waals surface area contributed by atoms with Gasteiger partial charge in [0.25, 0.3) is 0 Å². The summed E-state index contributed by atoms with van der Waals surface area (Å²) >= 11 is 0. The lowest BCUT2D eigenvalue weighted by atomic mass is 9.81. The zero-order valence-corrected chi connectivity index (χ0v) is 24.6. The molecule has 0 aliphatic carbocycles. The maximum atomic E-state index is 14.5. The second-order valence-corrected chi connectivity index (χ2v) is 11.3. The number of aromatic nitrogens is 2. The molecule has 1 atom stereocenters. The van der Waals surface area contributed by atoms with Crippen LogP contribution in [0.25, 0.3) is 0 Å². The molecular weight excluding hydrogens is 530 g/mol. The van der Waals surface area contributed by atoms with Crippen LogP contribution in [0.15, 0.2) is 36.7 Å². The third-order valence-electron chi connectivity index (χ3n) is 7.96. The van der Waals surface area contributed by atoms with E-state index in [0.717, 1.165) is 49.5 Å². The largest absolute Gasteiger partial charge is 0.495 e. The van der Waals surface area contributed by atoms with Gasteiger partial charge in [-0.05, 0) is 75.6 Å². The number of hydrogen-bond acceptors (Lipinski definition) is 8. The number of methoxy groups -OCH3 is 2. The summed E-state index contributed by atoms with van der Waals surface area (Å²) in [5.41, 5.74) is 1.17. The fraction of sp³-hybridized carbons (Fsp3) is 0.484. The number of rotatable bonds is 11. The predicted octanol–water partition coefficient (Wildman–Crippen LogP) is 6.42. The van der Waals surface area contributed by atoms with Crippen LogP contribution in [0.2, 0.25) is 0 Å². The molecular formula is C31H40F2N4O4. The highest BCUT2D eigenvalue weighted by atomic mass is 19.1. The molecule has 3 aromatic rings. The monoisotopic (exact) mass is 570 g/mol. The quantitative estimate of drug-likeness (QED) is 0.273. The van der Waals surface area contributed by atoms with E-state index in [9.17, 15) is 13.9 Å². The maximum absolute atomic E-state index is 14.5. The lowest BCUT2D eigenvalue weighted by molar-refractivity contribution is 0.0128. The summed E-state index contributed by atoms with van der Waals surface area (Å²) < 4.78 is 45.2. The molecule has 1 aliphatic heterocycles. The van der Waals surface area contributed by atoms with Crippen LogP contribution in [-0.2, 0) is 6.61 Å².